The molecule has 5 heteroatoms. The van der Waals surface area contributed by atoms with Crippen molar-refractivity contribution in [1.82, 2.24) is 15.0 Å². The smallest absolute Gasteiger partial charge is 0.226 e. The number of ketones is 1. The number of fused-ring (bicyclic) bond motifs is 3. The van der Waals surface area contributed by atoms with Crippen molar-refractivity contribution in [2.45, 2.75) is 46.0 Å². The number of rotatable bonds is 1. The van der Waals surface area contributed by atoms with E-state index in [4.69, 9.17) is 16.5 Å². The van der Waals surface area contributed by atoms with Gasteiger partial charge in [0.15, 0.2) is 11.6 Å². The topological polar surface area (TPSA) is 60.1 Å². The van der Waals surface area contributed by atoms with Crippen molar-refractivity contribution in [3.8, 4) is 11.4 Å². The van der Waals surface area contributed by atoms with E-state index < -0.39 is 5.41 Å². The molecule has 0 aromatic carbocycles. The molecule has 2 aliphatic carbocycles. The molecule has 5 nitrogen and oxygen atoms in total. The molecule has 0 spiro atoms. The van der Waals surface area contributed by atoms with Crippen molar-refractivity contribution in [2.75, 3.05) is 0 Å². The zero-order valence-electron chi connectivity index (χ0n) is 16.1. The fraction of sp³-hybridized carbons (Fsp3) is 0.409. The van der Waals surface area contributed by atoms with Crippen LogP contribution < -0.4 is 0 Å². The summed E-state index contributed by atoms with van der Waals surface area (Å²) in [6.07, 6.45) is 5.41. The summed E-state index contributed by atoms with van der Waals surface area (Å²) in [4.78, 5) is 30.0. The highest BCUT2D eigenvalue weighted by atomic mass is 16.1. The third kappa shape index (κ3) is 2.59. The first-order chi connectivity index (χ1) is 12.8. The average molecular weight is 358 g/mol. The van der Waals surface area contributed by atoms with Gasteiger partial charge in [-0.3, -0.25) is 4.98 Å². The number of pyridine rings is 1. The van der Waals surface area contributed by atoms with Gasteiger partial charge in [-0.2, -0.15) is 0 Å². The van der Waals surface area contributed by atoms with Crippen molar-refractivity contribution >= 4 is 5.78 Å². The zero-order valence-corrected chi connectivity index (χ0v) is 16.1. The summed E-state index contributed by atoms with van der Waals surface area (Å²) < 4.78 is 0. The minimum atomic E-state index is -0.425. The van der Waals surface area contributed by atoms with E-state index in [9.17, 15) is 4.79 Å². The van der Waals surface area contributed by atoms with Crippen molar-refractivity contribution in [3.63, 3.8) is 0 Å². The van der Waals surface area contributed by atoms with Gasteiger partial charge in [-0.15, -0.1) is 0 Å². The number of Topliss-reactive ketones (excluding diaryl/α,β-unsaturated/α-hetero) is 1. The second-order valence-electron chi connectivity index (χ2n) is 7.87. The normalized spacial score (nSPS) is 26.6. The number of hydrogen-bond donors (Lipinski definition) is 0. The summed E-state index contributed by atoms with van der Waals surface area (Å²) in [6.45, 7) is 15.5. The molecule has 0 radical (unpaired) electrons. The van der Waals surface area contributed by atoms with Gasteiger partial charge in [0.1, 0.15) is 0 Å². The number of allylic oxidation sites excluding steroid dienone is 2. The Morgan fingerprint density at radius 2 is 2.07 bits per heavy atom. The summed E-state index contributed by atoms with van der Waals surface area (Å²) in [7, 11) is 0. The van der Waals surface area contributed by atoms with Crippen LogP contribution in [0.1, 0.15) is 42.9 Å². The molecular weight excluding hydrogens is 336 g/mol. The van der Waals surface area contributed by atoms with Crippen LogP contribution in [0, 0.1) is 32.3 Å². The molecule has 3 atom stereocenters. The minimum Gasteiger partial charge on any atom is -0.308 e. The lowest BCUT2D eigenvalue weighted by atomic mass is 9.58. The molecular formula is C22H22N4O. The van der Waals surface area contributed by atoms with Gasteiger partial charge >= 0.3 is 0 Å². The van der Waals surface area contributed by atoms with Gasteiger partial charge in [0.2, 0.25) is 5.70 Å². The van der Waals surface area contributed by atoms with Gasteiger partial charge in [-0.05, 0) is 50.3 Å². The van der Waals surface area contributed by atoms with Crippen molar-refractivity contribution in [2.24, 2.45) is 11.8 Å². The highest BCUT2D eigenvalue weighted by Crippen LogP contribution is 2.50. The second-order valence-corrected chi connectivity index (χ2v) is 7.87. The van der Waals surface area contributed by atoms with Crippen molar-refractivity contribution in [3.05, 3.63) is 64.2 Å². The molecule has 0 N–H and O–H groups in total. The number of carbonyl (C=O) groups excluding carboxylic acids is 1. The van der Waals surface area contributed by atoms with Crippen LogP contribution in [0.15, 0.2) is 30.1 Å². The molecule has 0 unspecified atom stereocenters. The SMILES string of the molecule is [C-]#[N+]C1=C[C@@]2(C)c3nc(-c4ccnc(C)c4)nc(C)c3CC[C@@H]2[C@@H](C)C1=O. The van der Waals surface area contributed by atoms with Crippen LogP contribution in [0.5, 0.6) is 0 Å². The van der Waals surface area contributed by atoms with E-state index in [2.05, 4.69) is 16.8 Å². The quantitative estimate of drug-likeness (QED) is 0.723. The predicted octanol–water partition coefficient (Wildman–Crippen LogP) is 4.00. The Morgan fingerprint density at radius 1 is 1.30 bits per heavy atom. The number of hydrogen-bond acceptors (Lipinski definition) is 4. The molecule has 4 rings (SSSR count). The number of carbonyl (C=O) groups is 1. The van der Waals surface area contributed by atoms with Crippen molar-refractivity contribution < 1.29 is 4.79 Å². The first-order valence-corrected chi connectivity index (χ1v) is 9.30. The fourth-order valence-electron chi connectivity index (χ4n) is 4.73. The van der Waals surface area contributed by atoms with Crippen LogP contribution in [-0.2, 0) is 16.6 Å². The maximum Gasteiger partial charge on any atom is 0.226 e. The first kappa shape index (κ1) is 17.5. The summed E-state index contributed by atoms with van der Waals surface area (Å²) in [5, 5.41) is 0. The van der Waals surface area contributed by atoms with Gasteiger partial charge in [0.25, 0.3) is 0 Å². The van der Waals surface area contributed by atoms with E-state index in [0.717, 1.165) is 41.1 Å². The summed E-state index contributed by atoms with van der Waals surface area (Å²) >= 11 is 0. The van der Waals surface area contributed by atoms with Gasteiger partial charge in [-0.1, -0.05) is 19.9 Å². The van der Waals surface area contributed by atoms with Crippen LogP contribution >= 0.6 is 0 Å². The molecule has 2 aliphatic rings. The van der Waals surface area contributed by atoms with Crippen molar-refractivity contribution in [1.29, 1.82) is 0 Å². The molecule has 0 bridgehead atoms. The minimum absolute atomic E-state index is 0.0355. The molecule has 2 aromatic rings. The first-order valence-electron chi connectivity index (χ1n) is 9.30. The van der Waals surface area contributed by atoms with Gasteiger partial charge < -0.3 is 4.79 Å². The molecule has 0 saturated carbocycles. The van der Waals surface area contributed by atoms with Crippen LogP contribution in [0.2, 0.25) is 0 Å². The Balaban J connectivity index is 1.95. The highest BCUT2D eigenvalue weighted by molar-refractivity contribution is 6.00. The average Bonchev–Trinajstić information content (AvgIpc) is 2.65. The molecule has 0 amide bonds. The number of aromatic nitrogens is 3. The van der Waals surface area contributed by atoms with E-state index in [-0.39, 0.29) is 23.3 Å². The number of nitrogens with zero attached hydrogens (tertiary/aromatic N) is 4. The predicted molar refractivity (Wildman–Crippen MR) is 103 cm³/mol. The van der Waals surface area contributed by atoms with Crippen LogP contribution in [-0.4, -0.2) is 20.7 Å². The summed E-state index contributed by atoms with van der Waals surface area (Å²) in [6, 6.07) is 3.90. The Bertz CT molecular complexity index is 1030. The summed E-state index contributed by atoms with van der Waals surface area (Å²) in [5.74, 6) is 0.635. The summed E-state index contributed by atoms with van der Waals surface area (Å²) in [5.41, 5.74) is 4.78. The molecule has 0 saturated heterocycles. The van der Waals surface area contributed by atoms with E-state index in [1.54, 1.807) is 6.20 Å². The molecule has 136 valence electrons. The zero-order chi connectivity index (χ0) is 19.3. The maximum atomic E-state index is 12.5. The molecule has 0 aliphatic heterocycles. The Labute approximate surface area is 159 Å². The second kappa shape index (κ2) is 6.09. The Morgan fingerprint density at radius 3 is 2.78 bits per heavy atom. The van der Waals surface area contributed by atoms with Gasteiger partial charge in [0.05, 0.1) is 12.3 Å². The van der Waals surface area contributed by atoms with Crippen LogP contribution in [0.4, 0.5) is 0 Å². The maximum absolute atomic E-state index is 12.5. The van der Waals surface area contributed by atoms with Crippen LogP contribution in [0.3, 0.4) is 0 Å². The van der Waals surface area contributed by atoms with E-state index >= 15 is 0 Å². The van der Waals surface area contributed by atoms with E-state index in [0.29, 0.717) is 5.82 Å². The lowest BCUT2D eigenvalue weighted by Crippen LogP contribution is -2.46. The Kier molecular flexibility index (Phi) is 3.96. The van der Waals surface area contributed by atoms with E-state index in [1.165, 1.54) is 0 Å². The highest BCUT2D eigenvalue weighted by Gasteiger charge is 2.49. The third-order valence-corrected chi connectivity index (χ3v) is 6.18. The fourth-order valence-corrected chi connectivity index (χ4v) is 4.73. The molecule has 2 aromatic heterocycles. The lowest BCUT2D eigenvalue weighted by Gasteiger charge is -2.46. The van der Waals surface area contributed by atoms with Gasteiger partial charge in [0, 0.05) is 34.5 Å². The van der Waals surface area contributed by atoms with Crippen LogP contribution in [0.25, 0.3) is 16.2 Å². The largest absolute Gasteiger partial charge is 0.308 e. The Hall–Kier alpha value is -2.87. The number of aryl methyl sites for hydroxylation is 2. The monoisotopic (exact) mass is 358 g/mol. The lowest BCUT2D eigenvalue weighted by molar-refractivity contribution is -0.121. The standard InChI is InChI=1S/C22H22N4O/c1-12-10-15(8-9-24-12)21-25-14(3)16-6-7-17-13(2)19(27)18(23-5)11-22(17,4)20(16)26-21/h8-11,13,17H,6-7H2,1-4H3/t13-,17-,22-/m1/s1. The molecule has 0 fully saturated rings. The van der Waals surface area contributed by atoms with Gasteiger partial charge in [-0.25, -0.2) is 14.8 Å². The molecule has 27 heavy (non-hydrogen) atoms. The third-order valence-electron chi connectivity index (χ3n) is 6.18. The van der Waals surface area contributed by atoms with E-state index in [1.807, 2.05) is 39.0 Å². The molecule has 2 heterocycles.